The van der Waals surface area contributed by atoms with Gasteiger partial charge in [0.05, 0.1) is 10.4 Å². The highest BCUT2D eigenvalue weighted by atomic mass is 32.2. The minimum Gasteiger partial charge on any atom is -0.368 e. The fraction of sp³-hybridized carbons (Fsp3) is 0.280. The molecular formula is C25H28FN5O3S2. The Hall–Kier alpha value is -3.44. The van der Waals surface area contributed by atoms with E-state index in [4.69, 9.17) is 0 Å². The third-order valence-electron chi connectivity index (χ3n) is 6.56. The number of rotatable bonds is 6. The molecule has 0 aliphatic carbocycles. The van der Waals surface area contributed by atoms with Crippen molar-refractivity contribution in [1.82, 2.24) is 14.5 Å². The second-order valence-electron chi connectivity index (χ2n) is 8.83. The molecule has 3 heterocycles. The maximum Gasteiger partial charge on any atom is 0.263 e. The molecule has 8 nitrogen and oxygen atoms in total. The minimum absolute atomic E-state index is 0. The first kappa shape index (κ1) is 24.3. The number of fused-ring (bicyclic) bond motifs is 1. The lowest BCUT2D eigenvalue weighted by molar-refractivity contribution is -0.136. The first-order valence-electron chi connectivity index (χ1n) is 11.6. The standard InChI is InChI=1S/C25H26FN5O3S2.H2/c1-17-16-29(19-6-8-20(9-7-19)36(33,34)28-25-27-11-15-35-25)13-14-30(17)24(32)18(2)31-12-10-21-22(26)4-3-5-23(21)31;/h3-12,15,17-18H,13-14,16H2,1-2H3,(H,27,28);1H/t17-,18+;/m0./s1. The molecule has 2 aromatic heterocycles. The molecular weight excluding hydrogens is 501 g/mol. The van der Waals surface area contributed by atoms with E-state index >= 15 is 0 Å². The van der Waals surface area contributed by atoms with Crippen molar-refractivity contribution in [2.75, 3.05) is 29.3 Å². The topological polar surface area (TPSA) is 87.5 Å². The molecule has 1 N–H and O–H groups in total. The number of carbonyl (C=O) groups excluding carboxylic acids is 1. The summed E-state index contributed by atoms with van der Waals surface area (Å²) in [5.74, 6) is -0.315. The molecule has 1 fully saturated rings. The zero-order valence-corrected chi connectivity index (χ0v) is 21.5. The molecule has 36 heavy (non-hydrogen) atoms. The molecule has 1 saturated heterocycles. The first-order valence-corrected chi connectivity index (χ1v) is 13.9. The Morgan fingerprint density at radius 1 is 1.19 bits per heavy atom. The van der Waals surface area contributed by atoms with Crippen molar-refractivity contribution in [2.24, 2.45) is 0 Å². The van der Waals surface area contributed by atoms with E-state index in [0.717, 1.165) is 5.69 Å². The van der Waals surface area contributed by atoms with Crippen molar-refractivity contribution in [3.05, 3.63) is 72.1 Å². The van der Waals surface area contributed by atoms with Crippen LogP contribution in [-0.4, -0.2) is 54.5 Å². The van der Waals surface area contributed by atoms with Crippen molar-refractivity contribution >= 4 is 49.0 Å². The van der Waals surface area contributed by atoms with Gasteiger partial charge >= 0.3 is 0 Å². The summed E-state index contributed by atoms with van der Waals surface area (Å²) in [6, 6.07) is 12.8. The average Bonchev–Trinajstić information content (AvgIpc) is 3.53. The number of aromatic nitrogens is 2. The van der Waals surface area contributed by atoms with Gasteiger partial charge in [0.25, 0.3) is 10.0 Å². The third kappa shape index (κ3) is 4.56. The van der Waals surface area contributed by atoms with Gasteiger partial charge in [-0.2, -0.15) is 0 Å². The Morgan fingerprint density at radius 3 is 2.67 bits per heavy atom. The predicted molar refractivity (Wildman–Crippen MR) is 141 cm³/mol. The van der Waals surface area contributed by atoms with Crippen LogP contribution >= 0.6 is 11.3 Å². The summed E-state index contributed by atoms with van der Waals surface area (Å²) in [7, 11) is -3.71. The van der Waals surface area contributed by atoms with Crippen LogP contribution in [0.25, 0.3) is 10.9 Å². The summed E-state index contributed by atoms with van der Waals surface area (Å²) in [6.07, 6.45) is 3.30. The fourth-order valence-electron chi connectivity index (χ4n) is 4.65. The number of sulfonamides is 1. The van der Waals surface area contributed by atoms with E-state index in [1.165, 1.54) is 17.4 Å². The van der Waals surface area contributed by atoms with Crippen LogP contribution in [0.5, 0.6) is 0 Å². The first-order chi connectivity index (χ1) is 17.2. The summed E-state index contributed by atoms with van der Waals surface area (Å²) in [5.41, 5.74) is 1.59. The Kier molecular flexibility index (Phi) is 6.44. The highest BCUT2D eigenvalue weighted by molar-refractivity contribution is 7.93. The number of hydrogen-bond donors (Lipinski definition) is 1. The fourth-order valence-corrected chi connectivity index (χ4v) is 6.44. The molecule has 1 aliphatic rings. The second kappa shape index (κ2) is 9.55. The van der Waals surface area contributed by atoms with E-state index in [0.29, 0.717) is 35.7 Å². The maximum atomic E-state index is 14.1. The molecule has 2 aromatic carbocycles. The average molecular weight is 530 g/mol. The molecule has 0 bridgehead atoms. The normalized spacial score (nSPS) is 17.4. The minimum atomic E-state index is -3.71. The van der Waals surface area contributed by atoms with Gasteiger partial charge in [0.1, 0.15) is 11.9 Å². The maximum absolute atomic E-state index is 14.1. The van der Waals surface area contributed by atoms with E-state index in [9.17, 15) is 17.6 Å². The van der Waals surface area contributed by atoms with E-state index in [1.54, 1.807) is 54.2 Å². The number of amides is 1. The molecule has 5 rings (SSSR count). The van der Waals surface area contributed by atoms with Gasteiger partial charge in [-0.15, -0.1) is 11.3 Å². The summed E-state index contributed by atoms with van der Waals surface area (Å²) in [5, 5.41) is 2.52. The molecule has 1 amide bonds. The van der Waals surface area contributed by atoms with Crippen LogP contribution in [-0.2, 0) is 14.8 Å². The lowest BCUT2D eigenvalue weighted by Crippen LogP contribution is -2.55. The van der Waals surface area contributed by atoms with Gasteiger partial charge in [-0.25, -0.2) is 17.8 Å². The predicted octanol–water partition coefficient (Wildman–Crippen LogP) is 4.58. The number of anilines is 2. The summed E-state index contributed by atoms with van der Waals surface area (Å²) >= 11 is 1.22. The monoisotopic (exact) mass is 529 g/mol. The molecule has 190 valence electrons. The molecule has 0 unspecified atom stereocenters. The zero-order valence-electron chi connectivity index (χ0n) is 19.8. The lowest BCUT2D eigenvalue weighted by Gasteiger charge is -2.42. The van der Waals surface area contributed by atoms with Crippen LogP contribution in [0, 0.1) is 5.82 Å². The third-order valence-corrected chi connectivity index (χ3v) is 8.73. The van der Waals surface area contributed by atoms with Gasteiger partial charge in [0.15, 0.2) is 5.13 Å². The smallest absolute Gasteiger partial charge is 0.263 e. The number of carbonyl (C=O) groups is 1. The van der Waals surface area contributed by atoms with Crippen LogP contribution in [0.15, 0.2) is 71.2 Å². The van der Waals surface area contributed by atoms with E-state index in [-0.39, 0.29) is 24.1 Å². The summed E-state index contributed by atoms with van der Waals surface area (Å²) in [6.45, 7) is 5.60. The molecule has 1 aliphatic heterocycles. The molecule has 0 radical (unpaired) electrons. The molecule has 11 heteroatoms. The van der Waals surface area contributed by atoms with Crippen LogP contribution < -0.4 is 9.62 Å². The van der Waals surface area contributed by atoms with Crippen molar-refractivity contribution in [3.63, 3.8) is 0 Å². The van der Waals surface area contributed by atoms with Gasteiger partial charge in [-0.3, -0.25) is 9.52 Å². The number of nitrogens with one attached hydrogen (secondary N) is 1. The van der Waals surface area contributed by atoms with Gasteiger partial charge in [0, 0.05) is 56.0 Å². The van der Waals surface area contributed by atoms with Crippen molar-refractivity contribution in [3.8, 4) is 0 Å². The molecule has 0 spiro atoms. The van der Waals surface area contributed by atoms with Crippen LogP contribution in [0.1, 0.15) is 21.3 Å². The van der Waals surface area contributed by atoms with Crippen molar-refractivity contribution in [1.29, 1.82) is 0 Å². The van der Waals surface area contributed by atoms with E-state index in [2.05, 4.69) is 14.6 Å². The molecule has 0 saturated carbocycles. The molecule has 2 atom stereocenters. The quantitative estimate of drug-likeness (QED) is 0.395. The largest absolute Gasteiger partial charge is 0.368 e. The van der Waals surface area contributed by atoms with E-state index < -0.39 is 16.1 Å². The number of hydrogen-bond acceptors (Lipinski definition) is 6. The highest BCUT2D eigenvalue weighted by Crippen LogP contribution is 2.27. The number of piperazine rings is 1. The molecule has 4 aromatic rings. The number of benzene rings is 2. The van der Waals surface area contributed by atoms with E-state index in [1.807, 2.05) is 29.4 Å². The van der Waals surface area contributed by atoms with Gasteiger partial charge in [-0.05, 0) is 56.3 Å². The Balaban J connectivity index is 0.00000320. The SMILES string of the molecule is C[C@H](C(=O)N1CCN(c2ccc(S(=O)(=O)Nc3nccs3)cc2)C[C@@H]1C)n1ccc2c(F)cccc21.[HH]. The van der Waals surface area contributed by atoms with Crippen molar-refractivity contribution < 1.29 is 19.0 Å². The Morgan fingerprint density at radius 2 is 1.97 bits per heavy atom. The second-order valence-corrected chi connectivity index (χ2v) is 11.4. The van der Waals surface area contributed by atoms with Gasteiger partial charge < -0.3 is 14.4 Å². The number of halogens is 1. The van der Waals surface area contributed by atoms with Crippen LogP contribution in [0.3, 0.4) is 0 Å². The number of thiazole rings is 1. The summed E-state index contributed by atoms with van der Waals surface area (Å²) < 4.78 is 43.6. The van der Waals surface area contributed by atoms with Crippen LogP contribution in [0.2, 0.25) is 0 Å². The Bertz CT molecular complexity index is 1490. The zero-order chi connectivity index (χ0) is 25.4. The van der Waals surface area contributed by atoms with Gasteiger partial charge in [-0.1, -0.05) is 6.07 Å². The summed E-state index contributed by atoms with van der Waals surface area (Å²) in [4.78, 5) is 21.5. The van der Waals surface area contributed by atoms with Gasteiger partial charge in [0.2, 0.25) is 5.91 Å². The van der Waals surface area contributed by atoms with Crippen LogP contribution in [0.4, 0.5) is 15.2 Å². The Labute approximate surface area is 214 Å². The van der Waals surface area contributed by atoms with Crippen molar-refractivity contribution in [2.45, 2.75) is 30.8 Å². The highest BCUT2D eigenvalue weighted by Gasteiger charge is 2.31. The number of nitrogens with zero attached hydrogens (tertiary/aromatic N) is 4. The lowest BCUT2D eigenvalue weighted by atomic mass is 10.1.